The normalized spacial score (nSPS) is 14.0. The number of rotatable bonds is 11. The molecule has 0 N–H and O–H groups in total. The second-order valence-electron chi connectivity index (χ2n) is 4.64. The highest BCUT2D eigenvalue weighted by molar-refractivity contribution is 6.12. The summed E-state index contributed by atoms with van der Waals surface area (Å²) in [4.78, 5) is 46.6. The van der Waals surface area contributed by atoms with E-state index in [1.165, 1.54) is 23.1 Å². The highest BCUT2D eigenvalue weighted by Gasteiger charge is 2.22. The van der Waals surface area contributed by atoms with E-state index in [2.05, 4.69) is 0 Å². The molecule has 0 spiro atoms. The van der Waals surface area contributed by atoms with E-state index < -0.39 is 0 Å². The maximum absolute atomic E-state index is 11.4. The Morgan fingerprint density at radius 1 is 1.13 bits per heavy atom. The van der Waals surface area contributed by atoms with Crippen LogP contribution in [-0.4, -0.2) is 80.4 Å². The van der Waals surface area contributed by atoms with Crippen LogP contribution in [0, 0.1) is 0 Å². The molecule has 23 heavy (non-hydrogen) atoms. The van der Waals surface area contributed by atoms with Crippen LogP contribution in [0.2, 0.25) is 0 Å². The van der Waals surface area contributed by atoms with Gasteiger partial charge in [0.15, 0.2) is 0 Å². The van der Waals surface area contributed by atoms with Crippen LogP contribution in [0.3, 0.4) is 0 Å². The Bertz CT molecular complexity index is 482. The summed E-state index contributed by atoms with van der Waals surface area (Å²) in [6.07, 6.45) is 5.32. The van der Waals surface area contributed by atoms with Crippen molar-refractivity contribution in [3.05, 3.63) is 24.3 Å². The lowest BCUT2D eigenvalue weighted by Crippen LogP contribution is -2.33. The SMILES string of the molecule is CN(CCOCCOCCN1C(=O)C=CC1=O)C(=O)/C=C\C=O. The van der Waals surface area contributed by atoms with Crippen LogP contribution in [0.15, 0.2) is 24.3 Å². The number of carbonyl (C=O) groups is 4. The predicted octanol–water partition coefficient (Wildman–Crippen LogP) is -0.842. The molecule has 0 aromatic heterocycles. The van der Waals surface area contributed by atoms with Crippen LogP contribution in [0.5, 0.6) is 0 Å². The van der Waals surface area contributed by atoms with Gasteiger partial charge in [0.1, 0.15) is 6.29 Å². The van der Waals surface area contributed by atoms with E-state index in [1.807, 2.05) is 0 Å². The molecule has 0 bridgehead atoms. The molecule has 1 aliphatic rings. The standard InChI is InChI=1S/C15H20N2O6/c1-16(13(19)3-2-8-18)6-9-22-11-12-23-10-7-17-14(20)4-5-15(17)21/h2-5,8H,6-7,9-12H2,1H3/b3-2-. The van der Waals surface area contributed by atoms with E-state index in [9.17, 15) is 19.2 Å². The summed E-state index contributed by atoms with van der Waals surface area (Å²) in [5.41, 5.74) is 0. The number of hydrogen-bond acceptors (Lipinski definition) is 6. The number of likely N-dealkylation sites (N-methyl/N-ethyl adjacent to an activating group) is 1. The minimum atomic E-state index is -0.328. The van der Waals surface area contributed by atoms with Crippen molar-refractivity contribution < 1.29 is 28.7 Å². The number of nitrogens with zero attached hydrogens (tertiary/aromatic N) is 2. The Balaban J connectivity index is 1.98. The summed E-state index contributed by atoms with van der Waals surface area (Å²) in [7, 11) is 1.61. The molecule has 0 fully saturated rings. The topological polar surface area (TPSA) is 93.2 Å². The zero-order valence-corrected chi connectivity index (χ0v) is 13.0. The maximum Gasteiger partial charge on any atom is 0.253 e. The minimum absolute atomic E-state index is 0.213. The van der Waals surface area contributed by atoms with Gasteiger partial charge in [0, 0.05) is 31.8 Å². The molecule has 8 heteroatoms. The van der Waals surface area contributed by atoms with E-state index in [-0.39, 0.29) is 30.9 Å². The number of ether oxygens (including phenoxy) is 2. The molecule has 8 nitrogen and oxygen atoms in total. The van der Waals surface area contributed by atoms with E-state index in [0.29, 0.717) is 32.7 Å². The van der Waals surface area contributed by atoms with Gasteiger partial charge in [-0.2, -0.15) is 0 Å². The number of hydrogen-bond donors (Lipinski definition) is 0. The smallest absolute Gasteiger partial charge is 0.253 e. The highest BCUT2D eigenvalue weighted by atomic mass is 16.5. The molecule has 126 valence electrons. The van der Waals surface area contributed by atoms with Crippen molar-refractivity contribution in [3.63, 3.8) is 0 Å². The van der Waals surface area contributed by atoms with E-state index in [0.717, 1.165) is 11.0 Å². The van der Waals surface area contributed by atoms with Gasteiger partial charge in [0.25, 0.3) is 11.8 Å². The Labute approximate surface area is 134 Å². The fourth-order valence-electron chi connectivity index (χ4n) is 1.69. The summed E-state index contributed by atoms with van der Waals surface area (Å²) < 4.78 is 10.6. The number of carbonyl (C=O) groups excluding carboxylic acids is 4. The van der Waals surface area contributed by atoms with Gasteiger partial charge in [-0.1, -0.05) is 0 Å². The van der Waals surface area contributed by atoms with E-state index in [1.54, 1.807) is 7.05 Å². The zero-order chi connectivity index (χ0) is 17.1. The molecule has 0 aromatic rings. The summed E-state index contributed by atoms with van der Waals surface area (Å²) >= 11 is 0. The van der Waals surface area contributed by atoms with Crippen molar-refractivity contribution in [2.75, 3.05) is 46.6 Å². The van der Waals surface area contributed by atoms with Crippen molar-refractivity contribution in [2.45, 2.75) is 0 Å². The lowest BCUT2D eigenvalue weighted by molar-refractivity contribution is -0.137. The second-order valence-corrected chi connectivity index (χ2v) is 4.64. The third-order valence-electron chi connectivity index (χ3n) is 3.00. The van der Waals surface area contributed by atoms with Crippen molar-refractivity contribution in [2.24, 2.45) is 0 Å². The molecule has 0 saturated carbocycles. The first kappa shape index (κ1) is 18.7. The largest absolute Gasteiger partial charge is 0.377 e. The molecular weight excluding hydrogens is 304 g/mol. The van der Waals surface area contributed by atoms with Gasteiger partial charge in [-0.25, -0.2) is 0 Å². The summed E-state index contributed by atoms with van der Waals surface area (Å²) in [5.74, 6) is -0.928. The van der Waals surface area contributed by atoms with Crippen LogP contribution in [0.4, 0.5) is 0 Å². The van der Waals surface area contributed by atoms with Crippen LogP contribution in [0.1, 0.15) is 0 Å². The first-order valence-corrected chi connectivity index (χ1v) is 7.12. The van der Waals surface area contributed by atoms with Gasteiger partial charge in [-0.3, -0.25) is 24.1 Å². The Morgan fingerprint density at radius 2 is 1.74 bits per heavy atom. The lowest BCUT2D eigenvalue weighted by Gasteiger charge is -2.15. The molecular formula is C15H20N2O6. The van der Waals surface area contributed by atoms with Crippen molar-refractivity contribution >= 4 is 24.0 Å². The first-order chi connectivity index (χ1) is 11.1. The highest BCUT2D eigenvalue weighted by Crippen LogP contribution is 2.02. The third-order valence-corrected chi connectivity index (χ3v) is 3.00. The van der Waals surface area contributed by atoms with Crippen LogP contribution in [-0.2, 0) is 28.7 Å². The summed E-state index contributed by atoms with van der Waals surface area (Å²) in [5, 5.41) is 0. The van der Waals surface area contributed by atoms with Gasteiger partial charge in [0.05, 0.1) is 33.0 Å². The van der Waals surface area contributed by atoms with Crippen molar-refractivity contribution in [1.29, 1.82) is 0 Å². The fraction of sp³-hybridized carbons (Fsp3) is 0.467. The molecule has 1 heterocycles. The van der Waals surface area contributed by atoms with E-state index >= 15 is 0 Å². The average Bonchev–Trinajstić information content (AvgIpc) is 2.86. The number of aldehydes is 1. The quantitative estimate of drug-likeness (QED) is 0.213. The van der Waals surface area contributed by atoms with Gasteiger partial charge < -0.3 is 14.4 Å². The number of allylic oxidation sites excluding steroid dienone is 1. The van der Waals surface area contributed by atoms with E-state index in [4.69, 9.17) is 9.47 Å². The molecule has 0 aromatic carbocycles. The van der Waals surface area contributed by atoms with Crippen LogP contribution in [0.25, 0.3) is 0 Å². The molecule has 0 radical (unpaired) electrons. The monoisotopic (exact) mass is 324 g/mol. The minimum Gasteiger partial charge on any atom is -0.377 e. The van der Waals surface area contributed by atoms with Gasteiger partial charge in [-0.05, 0) is 6.08 Å². The molecule has 0 aliphatic carbocycles. The molecule has 1 aliphatic heterocycles. The van der Waals surface area contributed by atoms with Gasteiger partial charge >= 0.3 is 0 Å². The first-order valence-electron chi connectivity index (χ1n) is 7.12. The Hall–Kier alpha value is -2.32. The van der Waals surface area contributed by atoms with Crippen LogP contribution < -0.4 is 0 Å². The molecule has 1 rings (SSSR count). The predicted molar refractivity (Wildman–Crippen MR) is 80.3 cm³/mol. The lowest BCUT2D eigenvalue weighted by atomic mass is 10.4. The molecule has 0 atom stereocenters. The summed E-state index contributed by atoms with van der Waals surface area (Å²) in [6, 6.07) is 0. The summed E-state index contributed by atoms with van der Waals surface area (Å²) in [6.45, 7) is 1.86. The van der Waals surface area contributed by atoms with Gasteiger partial charge in [-0.15, -0.1) is 0 Å². The van der Waals surface area contributed by atoms with Crippen molar-refractivity contribution in [3.8, 4) is 0 Å². The maximum atomic E-state index is 11.4. The van der Waals surface area contributed by atoms with Crippen LogP contribution >= 0.6 is 0 Å². The fourth-order valence-corrected chi connectivity index (χ4v) is 1.69. The number of imide groups is 1. The zero-order valence-electron chi connectivity index (χ0n) is 13.0. The van der Waals surface area contributed by atoms with Gasteiger partial charge in [0.2, 0.25) is 5.91 Å². The number of amides is 3. The molecule has 0 unspecified atom stereocenters. The third kappa shape index (κ3) is 6.98. The molecule has 3 amide bonds. The van der Waals surface area contributed by atoms with Crippen molar-refractivity contribution in [1.82, 2.24) is 9.80 Å². The second kappa shape index (κ2) is 10.4. The Kier molecular flexibility index (Phi) is 8.48. The average molecular weight is 324 g/mol. The molecule has 0 saturated heterocycles. The Morgan fingerprint density at radius 3 is 2.35 bits per heavy atom.